The molecule has 23 nitrogen and oxygen atoms in total. The molecule has 9 fully saturated rings. The quantitative estimate of drug-likeness (QED) is 0.0467. The number of anilines is 4. The number of methoxy groups -OCH3 is 1. The van der Waals surface area contributed by atoms with Crippen LogP contribution < -0.4 is 53.3 Å². The zero-order chi connectivity index (χ0) is 65.4. The van der Waals surface area contributed by atoms with Crippen LogP contribution in [0.3, 0.4) is 0 Å². The fraction of sp³-hybridized carbons (Fsp3) is 0.578. The average Bonchev–Trinajstić information content (AvgIpc) is 0.835. The number of hydrogen-bond donors (Lipinski definition) is 6. The summed E-state index contributed by atoms with van der Waals surface area (Å²) in [6.45, 7) is 22.7. The first-order chi connectivity index (χ1) is 43.1. The molecule has 488 valence electrons. The summed E-state index contributed by atoms with van der Waals surface area (Å²) in [5.41, 5.74) is 3.80. The van der Waals surface area contributed by atoms with Crippen LogP contribution >= 0.6 is 46.3 Å². The van der Waals surface area contributed by atoms with Crippen LogP contribution in [-0.4, -0.2) is 91.9 Å². The minimum atomic E-state index is -0.484. The first kappa shape index (κ1) is 66.9. The fourth-order valence-corrected chi connectivity index (χ4v) is 16.6. The van der Waals surface area contributed by atoms with Gasteiger partial charge >= 0.3 is 0 Å². The molecule has 27 heteroatoms. The Balaban J connectivity index is 0.000000150. The SMILES string of the molecule is COc1cnccc1CNC(=O)Cn1ncc(N[C@@H]2C[C@@H]3C[C@H]([C@H]2C)C3(C)C)c(Cl)c1=O.C[C@@H]1[C@H]2C[C@@H](C[C@H]1Nc1cnn(CC(=O)NCc3ccnnc3)c(=O)c1Cl)C2(C)C.Cc1cc(NC(=O)Cn2ncc(N[C@@H]3C[C@@H]4C[C@H]([C@H]3C)C4(C)C)c(Cl)c2=O)sn1. The number of nitrogens with one attached hydrogen (secondary N) is 6. The zero-order valence-electron chi connectivity index (χ0n) is 53.4. The van der Waals surface area contributed by atoms with E-state index in [4.69, 9.17) is 39.5 Å². The van der Waals surface area contributed by atoms with E-state index in [1.54, 1.807) is 68.7 Å². The third-order valence-corrected chi connectivity index (χ3v) is 23.4. The van der Waals surface area contributed by atoms with Gasteiger partial charge in [-0.1, -0.05) is 97.1 Å². The molecule has 15 rings (SSSR count). The van der Waals surface area contributed by atoms with Crippen LogP contribution in [0.25, 0.3) is 0 Å². The van der Waals surface area contributed by atoms with Crippen molar-refractivity contribution in [3.05, 3.63) is 125 Å². The molecule has 9 aliphatic carbocycles. The van der Waals surface area contributed by atoms with Crippen molar-refractivity contribution in [1.82, 2.24) is 59.5 Å². The molecule has 0 radical (unpaired) electrons. The lowest BCUT2D eigenvalue weighted by Gasteiger charge is -2.62. The first-order valence-corrected chi connectivity index (χ1v) is 33.1. The first-order valence-electron chi connectivity index (χ1n) is 31.2. The van der Waals surface area contributed by atoms with E-state index in [9.17, 15) is 28.8 Å². The lowest BCUT2D eigenvalue weighted by molar-refractivity contribution is -0.122. The highest BCUT2D eigenvalue weighted by Crippen LogP contribution is 2.63. The topological polar surface area (TPSA) is 289 Å². The van der Waals surface area contributed by atoms with E-state index in [1.165, 1.54) is 30.8 Å². The number of nitrogens with zero attached hydrogens (tertiary/aromatic N) is 10. The Morgan fingerprint density at radius 1 is 0.582 bits per heavy atom. The summed E-state index contributed by atoms with van der Waals surface area (Å²) in [5, 5.41) is 39.4. The lowest BCUT2D eigenvalue weighted by atomic mass is 9.45. The third kappa shape index (κ3) is 14.2. The van der Waals surface area contributed by atoms with E-state index in [0.717, 1.165) is 50.1 Å². The second-order valence-electron chi connectivity index (χ2n) is 27.5. The Morgan fingerprint density at radius 3 is 1.38 bits per heavy atom. The molecule has 6 aromatic heterocycles. The van der Waals surface area contributed by atoms with Gasteiger partial charge in [-0.05, 0) is 150 Å². The van der Waals surface area contributed by atoms with E-state index >= 15 is 0 Å². The number of hydrogen-bond acceptors (Lipinski definition) is 18. The van der Waals surface area contributed by atoms with Gasteiger partial charge in [-0.25, -0.2) is 14.0 Å². The second kappa shape index (κ2) is 27.3. The van der Waals surface area contributed by atoms with Crippen LogP contribution in [-0.2, 0) is 47.1 Å². The van der Waals surface area contributed by atoms with Gasteiger partial charge in [-0.2, -0.15) is 29.9 Å². The Labute approximate surface area is 548 Å². The minimum absolute atomic E-state index is 0.0642. The molecule has 0 saturated heterocycles. The van der Waals surface area contributed by atoms with Crippen molar-refractivity contribution in [3.8, 4) is 5.75 Å². The number of amides is 3. The third-order valence-electron chi connectivity index (χ3n) is 21.5. The highest BCUT2D eigenvalue weighted by Gasteiger charge is 2.58. The number of carbonyl (C=O) groups excluding carboxylic acids is 3. The Bertz CT molecular complexity index is 3840. The van der Waals surface area contributed by atoms with E-state index in [1.807, 2.05) is 6.92 Å². The number of pyridine rings is 1. The van der Waals surface area contributed by atoms with E-state index < -0.39 is 16.7 Å². The molecule has 6 N–H and O–H groups in total. The number of aryl methyl sites for hydroxylation is 1. The summed E-state index contributed by atoms with van der Waals surface area (Å²) < 4.78 is 12.6. The van der Waals surface area contributed by atoms with Gasteiger partial charge in [0.1, 0.15) is 45.5 Å². The maximum atomic E-state index is 12.7. The van der Waals surface area contributed by atoms with Crippen LogP contribution in [0.4, 0.5) is 22.1 Å². The molecule has 12 atom stereocenters. The van der Waals surface area contributed by atoms with Crippen molar-refractivity contribution in [3.63, 3.8) is 0 Å². The molecular formula is C64H83Cl3N16O7S. The van der Waals surface area contributed by atoms with Gasteiger partial charge in [0.2, 0.25) is 17.7 Å². The number of ether oxygens (including phenoxy) is 1. The van der Waals surface area contributed by atoms with Crippen molar-refractivity contribution in [2.24, 2.45) is 69.5 Å². The summed E-state index contributed by atoms with van der Waals surface area (Å²) in [6, 6.07) is 6.10. The molecule has 0 spiro atoms. The predicted molar refractivity (Wildman–Crippen MR) is 352 cm³/mol. The van der Waals surface area contributed by atoms with E-state index in [-0.39, 0.29) is 77.1 Å². The van der Waals surface area contributed by atoms with Gasteiger partial charge in [0.05, 0.1) is 60.9 Å². The fourth-order valence-electron chi connectivity index (χ4n) is 15.3. The molecular weight excluding hydrogens is 1240 g/mol. The van der Waals surface area contributed by atoms with Crippen molar-refractivity contribution in [2.75, 3.05) is 28.4 Å². The van der Waals surface area contributed by atoms with Crippen molar-refractivity contribution < 1.29 is 19.1 Å². The molecule has 0 unspecified atom stereocenters. The van der Waals surface area contributed by atoms with Gasteiger partial charge in [0, 0.05) is 49.2 Å². The van der Waals surface area contributed by atoms with Crippen LogP contribution in [0.1, 0.15) is 118 Å². The summed E-state index contributed by atoms with van der Waals surface area (Å²) in [5.74, 6) is 5.18. The van der Waals surface area contributed by atoms with Crippen molar-refractivity contribution >= 4 is 86.1 Å². The Morgan fingerprint density at radius 2 is 1.01 bits per heavy atom. The lowest BCUT2D eigenvalue weighted by Crippen LogP contribution is -2.58. The summed E-state index contributed by atoms with van der Waals surface area (Å²) in [6.07, 6.45) is 18.0. The van der Waals surface area contributed by atoms with Crippen LogP contribution in [0, 0.1) is 76.4 Å². The van der Waals surface area contributed by atoms with Crippen LogP contribution in [0.5, 0.6) is 5.75 Å². The number of halogens is 3. The predicted octanol–water partition coefficient (Wildman–Crippen LogP) is 9.37. The van der Waals surface area contributed by atoms with Gasteiger partial charge < -0.3 is 36.6 Å². The maximum Gasteiger partial charge on any atom is 0.288 e. The van der Waals surface area contributed by atoms with E-state index in [0.29, 0.717) is 104 Å². The smallest absolute Gasteiger partial charge is 0.288 e. The summed E-state index contributed by atoms with van der Waals surface area (Å²) in [4.78, 5) is 78.7. The minimum Gasteiger partial charge on any atom is -0.495 e. The molecule has 6 heterocycles. The Hall–Kier alpha value is -7.02. The standard InChI is InChI=1S/C23H30ClN5O3.C21H27ClN6O2.C20H26ClN5O2S/c1-13-16-7-15(23(16,2)3)8-17(13)28-18-10-27-29(22(31)21(18)24)12-20(30)26-9-14-5-6-25-11-19(14)32-4;1-12-15-6-14(21(15,2)3)7-16(12)27-17-10-26-28(20(30)19(17)22)11-18(29)23-8-13-4-5-24-25-9-13;1-10-5-17(29-25-10)24-16(27)9-26-19(28)18(21)15(8-22-26)23-14-7-12-6-13(11(14)2)20(12,3)4/h5-6,10-11,13,15-17,28H,7-9,12H2,1-4H3,(H,26,30);4-5,9-10,12,14-16,27H,6-8,11H2,1-3H3,(H,23,29);5,8,11-14,23H,6-7,9H2,1-4H3,(H,24,27)/t13-,15+,16-,17-;12-,14+,15-,16-;11-,12+,13-,14-/m111/s1. The molecule has 6 bridgehead atoms. The summed E-state index contributed by atoms with van der Waals surface area (Å²) >= 11 is 20.3. The molecule has 6 aromatic rings. The number of rotatable bonds is 18. The molecule has 3 amide bonds. The van der Waals surface area contributed by atoms with Gasteiger partial charge in [0.25, 0.3) is 16.7 Å². The molecule has 91 heavy (non-hydrogen) atoms. The maximum absolute atomic E-state index is 12.7. The number of fused-ring (bicyclic) bond motifs is 6. The monoisotopic (exact) mass is 1320 g/mol. The molecule has 0 aromatic carbocycles. The van der Waals surface area contributed by atoms with E-state index in [2.05, 4.69) is 129 Å². The highest BCUT2D eigenvalue weighted by atomic mass is 35.5. The molecule has 0 aliphatic heterocycles. The molecule has 9 saturated carbocycles. The van der Waals surface area contributed by atoms with Crippen LogP contribution in [0.15, 0.2) is 76.0 Å². The highest BCUT2D eigenvalue weighted by molar-refractivity contribution is 7.10. The largest absolute Gasteiger partial charge is 0.495 e. The number of aromatic nitrogens is 10. The normalized spacial score (nSPS) is 26.4. The van der Waals surface area contributed by atoms with Crippen molar-refractivity contribution in [2.45, 2.75) is 159 Å². The van der Waals surface area contributed by atoms with Crippen LogP contribution in [0.2, 0.25) is 15.1 Å². The summed E-state index contributed by atoms with van der Waals surface area (Å²) in [7, 11) is 1.54. The Kier molecular flexibility index (Phi) is 20.1. The zero-order valence-corrected chi connectivity index (χ0v) is 56.4. The second-order valence-corrected chi connectivity index (χ2v) is 29.4. The van der Waals surface area contributed by atoms with Gasteiger partial charge in [0.15, 0.2) is 0 Å². The molecule has 9 aliphatic rings. The average molecular weight is 1330 g/mol. The number of carbonyl (C=O) groups is 3. The van der Waals surface area contributed by atoms with Crippen molar-refractivity contribution in [1.29, 1.82) is 0 Å². The van der Waals surface area contributed by atoms with Gasteiger partial charge in [-0.3, -0.25) is 33.8 Å². The van der Waals surface area contributed by atoms with Gasteiger partial charge in [-0.15, -0.1) is 0 Å².